The molecule has 4 heterocycles. The van der Waals surface area contributed by atoms with E-state index in [9.17, 15) is 0 Å². The Morgan fingerprint density at radius 1 is 1.15 bits per heavy atom. The van der Waals surface area contributed by atoms with E-state index in [1.807, 2.05) is 54.5 Å². The molecule has 180 valence electrons. The minimum Gasteiger partial charge on any atom is -0.491 e. The van der Waals surface area contributed by atoms with Gasteiger partial charge in [0.2, 0.25) is 5.88 Å². The molecule has 0 saturated carbocycles. The van der Waals surface area contributed by atoms with Gasteiger partial charge in [-0.15, -0.1) is 12.4 Å². The summed E-state index contributed by atoms with van der Waals surface area (Å²) in [6, 6.07) is 12.0. The highest BCUT2D eigenvalue weighted by atomic mass is 35.5. The summed E-state index contributed by atoms with van der Waals surface area (Å²) in [5.74, 6) is 2.65. The molecule has 9 nitrogen and oxygen atoms in total. The molecule has 2 N–H and O–H groups in total. The van der Waals surface area contributed by atoms with Crippen molar-refractivity contribution in [3.63, 3.8) is 0 Å². The van der Waals surface area contributed by atoms with E-state index < -0.39 is 6.17 Å². The zero-order chi connectivity index (χ0) is 22.8. The van der Waals surface area contributed by atoms with Gasteiger partial charge in [-0.3, -0.25) is 19.5 Å². The van der Waals surface area contributed by atoms with Gasteiger partial charge in [0.15, 0.2) is 5.82 Å². The van der Waals surface area contributed by atoms with Crippen LogP contribution in [0, 0.1) is 0 Å². The predicted octanol–water partition coefficient (Wildman–Crippen LogP) is 4.03. The largest absolute Gasteiger partial charge is 0.491 e. The number of pyridine rings is 1. The fourth-order valence-corrected chi connectivity index (χ4v) is 4.29. The average molecular weight is 484 g/mol. The van der Waals surface area contributed by atoms with Crippen LogP contribution in [-0.4, -0.2) is 51.7 Å². The van der Waals surface area contributed by atoms with Crippen molar-refractivity contribution in [2.24, 2.45) is 17.8 Å². The van der Waals surface area contributed by atoms with Crippen molar-refractivity contribution in [3.8, 4) is 17.4 Å². The molecular weight excluding hydrogens is 454 g/mol. The average Bonchev–Trinajstić information content (AvgIpc) is 3.43. The maximum Gasteiger partial charge on any atom is 0.219 e. The number of hydrogen-bond donors (Lipinski definition) is 1. The molecule has 1 aromatic carbocycles. The van der Waals surface area contributed by atoms with Crippen LogP contribution < -0.4 is 20.1 Å². The Bertz CT molecular complexity index is 1130. The van der Waals surface area contributed by atoms with E-state index in [2.05, 4.69) is 26.9 Å². The lowest BCUT2D eigenvalue weighted by atomic mass is 10.1. The summed E-state index contributed by atoms with van der Waals surface area (Å²) in [5, 5.41) is 4.46. The molecule has 2 atom stereocenters. The highest BCUT2D eigenvalue weighted by Gasteiger charge is 2.23. The van der Waals surface area contributed by atoms with Crippen molar-refractivity contribution in [1.82, 2.24) is 19.7 Å². The van der Waals surface area contributed by atoms with Crippen molar-refractivity contribution in [1.29, 1.82) is 0 Å². The Labute approximate surface area is 205 Å². The fraction of sp³-hybridized carbons (Fsp3) is 0.375. The highest BCUT2D eigenvalue weighted by molar-refractivity contribution is 5.91. The van der Waals surface area contributed by atoms with Crippen molar-refractivity contribution in [3.05, 3.63) is 54.4 Å². The molecule has 3 aromatic rings. The smallest absolute Gasteiger partial charge is 0.219 e. The van der Waals surface area contributed by atoms with Crippen LogP contribution in [0.3, 0.4) is 0 Å². The van der Waals surface area contributed by atoms with Crippen LogP contribution in [-0.2, 0) is 7.05 Å². The van der Waals surface area contributed by atoms with Crippen molar-refractivity contribution in [2.75, 3.05) is 24.6 Å². The molecule has 0 bridgehead atoms. The van der Waals surface area contributed by atoms with Gasteiger partial charge >= 0.3 is 0 Å². The van der Waals surface area contributed by atoms with Crippen LogP contribution in [0.15, 0.2) is 53.8 Å². The molecular formula is C24H30ClN7O2. The van der Waals surface area contributed by atoms with E-state index in [1.165, 1.54) is 12.8 Å². The molecule has 1 fully saturated rings. The summed E-state index contributed by atoms with van der Waals surface area (Å²) in [5.41, 5.74) is 8.01. The number of rotatable bonds is 7. The summed E-state index contributed by atoms with van der Waals surface area (Å²) in [7, 11) is 1.88. The number of likely N-dealkylation sites (tertiary alicyclic amines) is 1. The number of aryl methyl sites for hydroxylation is 1. The van der Waals surface area contributed by atoms with Gasteiger partial charge < -0.3 is 15.2 Å². The number of fused-ring (bicyclic) bond motifs is 1. The first-order valence-electron chi connectivity index (χ1n) is 11.3. The standard InChI is InChI=1S/C24H29N7O2.ClH/c1-17-4-3-10-30(17)12-13-32-19-6-8-23(26-15-19)33-18-5-7-21-20(14-18)24(25)27-16-31(21)22-9-11-29(2)28-22;/h5-9,11,14-17,24H,3-4,10,12-13,25H2,1-2H3;1H/t17-,24?;/m0./s1. The van der Waals surface area contributed by atoms with Crippen molar-refractivity contribution >= 4 is 30.3 Å². The molecule has 2 aliphatic rings. The first-order valence-corrected chi connectivity index (χ1v) is 11.3. The number of aliphatic imine (C=N–C) groups is 1. The van der Waals surface area contributed by atoms with E-state index in [1.54, 1.807) is 17.2 Å². The molecule has 0 amide bonds. The molecule has 1 unspecified atom stereocenters. The molecule has 10 heteroatoms. The second-order valence-corrected chi connectivity index (χ2v) is 8.46. The molecule has 0 radical (unpaired) electrons. The zero-order valence-corrected chi connectivity index (χ0v) is 20.2. The third-order valence-corrected chi connectivity index (χ3v) is 6.14. The Kier molecular flexibility index (Phi) is 7.35. The summed E-state index contributed by atoms with van der Waals surface area (Å²) in [6.45, 7) is 5.02. The third-order valence-electron chi connectivity index (χ3n) is 6.14. The van der Waals surface area contributed by atoms with E-state index in [0.717, 1.165) is 35.9 Å². The highest BCUT2D eigenvalue weighted by Crippen LogP contribution is 2.36. The molecule has 5 rings (SSSR count). The lowest BCUT2D eigenvalue weighted by Gasteiger charge is -2.27. The van der Waals surface area contributed by atoms with Crippen molar-refractivity contribution in [2.45, 2.75) is 32.0 Å². The number of ether oxygens (including phenoxy) is 2. The van der Waals surface area contributed by atoms with Gasteiger partial charge in [0, 0.05) is 43.5 Å². The minimum atomic E-state index is -0.467. The van der Waals surface area contributed by atoms with E-state index in [4.69, 9.17) is 15.2 Å². The van der Waals surface area contributed by atoms with Crippen LogP contribution >= 0.6 is 12.4 Å². The van der Waals surface area contributed by atoms with Gasteiger partial charge in [-0.25, -0.2) is 4.98 Å². The summed E-state index contributed by atoms with van der Waals surface area (Å²) in [6.07, 6.45) is 7.37. The first-order chi connectivity index (χ1) is 16.1. The normalized spacial score (nSPS) is 19.6. The summed E-state index contributed by atoms with van der Waals surface area (Å²) >= 11 is 0. The van der Waals surface area contributed by atoms with Crippen LogP contribution in [0.4, 0.5) is 11.5 Å². The summed E-state index contributed by atoms with van der Waals surface area (Å²) in [4.78, 5) is 13.2. The molecule has 0 spiro atoms. The number of anilines is 2. The first kappa shape index (κ1) is 24.0. The lowest BCUT2D eigenvalue weighted by Crippen LogP contribution is -2.31. The molecule has 1 saturated heterocycles. The van der Waals surface area contributed by atoms with Gasteiger partial charge in [0.1, 0.15) is 24.3 Å². The Morgan fingerprint density at radius 3 is 2.71 bits per heavy atom. The Balaban J connectivity index is 0.00000274. The van der Waals surface area contributed by atoms with Gasteiger partial charge in [-0.1, -0.05) is 0 Å². The third kappa shape index (κ3) is 5.16. The van der Waals surface area contributed by atoms with E-state index in [-0.39, 0.29) is 12.4 Å². The van der Waals surface area contributed by atoms with Gasteiger partial charge in [-0.05, 0) is 50.6 Å². The Hall–Kier alpha value is -3.14. The second-order valence-electron chi connectivity index (χ2n) is 8.46. The maximum absolute atomic E-state index is 6.23. The quantitative estimate of drug-likeness (QED) is 0.542. The van der Waals surface area contributed by atoms with Crippen molar-refractivity contribution < 1.29 is 9.47 Å². The number of halogens is 1. The van der Waals surface area contributed by atoms with Crippen LogP contribution in [0.1, 0.15) is 31.5 Å². The fourth-order valence-electron chi connectivity index (χ4n) is 4.29. The van der Waals surface area contributed by atoms with E-state index in [0.29, 0.717) is 24.3 Å². The number of aromatic nitrogens is 3. The van der Waals surface area contributed by atoms with Gasteiger partial charge in [0.25, 0.3) is 0 Å². The second kappa shape index (κ2) is 10.4. The molecule has 2 aromatic heterocycles. The van der Waals surface area contributed by atoms with Crippen LogP contribution in [0.2, 0.25) is 0 Å². The van der Waals surface area contributed by atoms with Gasteiger partial charge in [-0.2, -0.15) is 5.10 Å². The minimum absolute atomic E-state index is 0. The van der Waals surface area contributed by atoms with Crippen LogP contribution in [0.5, 0.6) is 17.4 Å². The SMILES string of the molecule is C[C@H]1CCCN1CCOc1ccc(Oc2ccc3c(c2)C(N)N=CN3c2ccn(C)n2)nc1.Cl. The number of nitrogens with zero attached hydrogens (tertiary/aromatic N) is 6. The zero-order valence-electron chi connectivity index (χ0n) is 19.4. The predicted molar refractivity (Wildman–Crippen MR) is 135 cm³/mol. The number of nitrogens with two attached hydrogens (primary N) is 1. The number of benzene rings is 1. The van der Waals surface area contributed by atoms with Crippen LogP contribution in [0.25, 0.3) is 0 Å². The monoisotopic (exact) mass is 483 g/mol. The summed E-state index contributed by atoms with van der Waals surface area (Å²) < 4.78 is 13.6. The molecule has 0 aliphatic carbocycles. The molecule has 2 aliphatic heterocycles. The lowest BCUT2D eigenvalue weighted by molar-refractivity contribution is 0.204. The Morgan fingerprint density at radius 2 is 2.00 bits per heavy atom. The van der Waals surface area contributed by atoms with E-state index >= 15 is 0 Å². The maximum atomic E-state index is 6.23. The number of hydrogen-bond acceptors (Lipinski definition) is 8. The molecule has 34 heavy (non-hydrogen) atoms. The van der Waals surface area contributed by atoms with Gasteiger partial charge in [0.05, 0.1) is 18.2 Å². The topological polar surface area (TPSA) is 94.0 Å².